The third kappa shape index (κ3) is 3.39. The second-order valence-electron chi connectivity index (χ2n) is 6.61. The lowest BCUT2D eigenvalue weighted by Gasteiger charge is -2.12. The zero-order chi connectivity index (χ0) is 19.5. The summed E-state index contributed by atoms with van der Waals surface area (Å²) in [5, 5.41) is 19.8. The molecular weight excluding hydrogens is 352 g/mol. The number of hydrogen-bond donors (Lipinski definition) is 1. The molecule has 6 heteroatoms. The molecule has 0 aliphatic carbocycles. The third-order valence-electron chi connectivity index (χ3n) is 4.83. The molecule has 0 unspecified atom stereocenters. The van der Waals surface area contributed by atoms with Gasteiger partial charge in [0.1, 0.15) is 5.75 Å². The van der Waals surface area contributed by atoms with Gasteiger partial charge in [0, 0.05) is 23.1 Å². The van der Waals surface area contributed by atoms with Crippen LogP contribution in [0.4, 0.5) is 0 Å². The van der Waals surface area contributed by atoms with Crippen molar-refractivity contribution in [3.05, 3.63) is 66.0 Å². The minimum atomic E-state index is -0.0950. The van der Waals surface area contributed by atoms with Crippen LogP contribution in [-0.4, -0.2) is 31.3 Å². The lowest BCUT2D eigenvalue weighted by molar-refractivity contribution is 0.275. The molecule has 4 rings (SSSR count). The molecule has 0 aliphatic rings. The molecule has 0 spiro atoms. The lowest BCUT2D eigenvalue weighted by atomic mass is 10.1. The fourth-order valence-electron chi connectivity index (χ4n) is 3.47. The Labute approximate surface area is 164 Å². The molecular formula is C22H24N4O2. The number of aliphatic hydroxyl groups is 1. The molecule has 28 heavy (non-hydrogen) atoms. The Balaban J connectivity index is 1.78. The normalized spacial score (nSPS) is 11.2. The van der Waals surface area contributed by atoms with Crippen molar-refractivity contribution >= 4 is 10.9 Å². The molecule has 2 aromatic heterocycles. The third-order valence-corrected chi connectivity index (χ3v) is 4.83. The fraction of sp³-hybridized carbons (Fsp3) is 0.273. The van der Waals surface area contributed by atoms with Gasteiger partial charge in [0.05, 0.1) is 42.9 Å². The van der Waals surface area contributed by atoms with E-state index in [1.807, 2.05) is 52.8 Å². The number of hydrogen-bond acceptors (Lipinski definition) is 4. The molecule has 0 atom stereocenters. The molecule has 0 amide bonds. The van der Waals surface area contributed by atoms with Crippen LogP contribution < -0.4 is 4.74 Å². The smallest absolute Gasteiger partial charge is 0.124 e. The number of benzene rings is 2. The summed E-state index contributed by atoms with van der Waals surface area (Å²) in [6, 6.07) is 16.2. The van der Waals surface area contributed by atoms with Crippen LogP contribution in [-0.2, 0) is 19.7 Å². The molecule has 0 fully saturated rings. The molecule has 0 bridgehead atoms. The molecule has 4 aromatic rings. The van der Waals surface area contributed by atoms with Gasteiger partial charge >= 0.3 is 0 Å². The second kappa shape index (κ2) is 7.86. The van der Waals surface area contributed by atoms with Gasteiger partial charge in [-0.3, -0.25) is 9.36 Å². The average Bonchev–Trinajstić information content (AvgIpc) is 3.32. The van der Waals surface area contributed by atoms with E-state index in [4.69, 9.17) is 4.74 Å². The summed E-state index contributed by atoms with van der Waals surface area (Å²) < 4.78 is 9.67. The zero-order valence-corrected chi connectivity index (χ0v) is 16.2. The number of para-hydroxylation sites is 1. The molecule has 0 saturated heterocycles. The van der Waals surface area contributed by atoms with Crippen molar-refractivity contribution in [3.63, 3.8) is 0 Å². The maximum Gasteiger partial charge on any atom is 0.124 e. The van der Waals surface area contributed by atoms with Crippen LogP contribution in [0, 0.1) is 0 Å². The Morgan fingerprint density at radius 3 is 2.68 bits per heavy atom. The lowest BCUT2D eigenvalue weighted by Crippen LogP contribution is -2.07. The number of aryl methyl sites for hydroxylation is 1. The van der Waals surface area contributed by atoms with Crippen LogP contribution in [0.5, 0.6) is 5.75 Å². The first kappa shape index (κ1) is 18.3. The standard InChI is InChI=1S/C22H24N4O2/c1-3-25-20-11-16(9-10-17(20)13-23-25)21-12-19(15-27)24-26(21)14-18-7-5-6-8-22(18)28-4-2/h5-13,27H,3-4,14-15H2,1-2H3. The minimum Gasteiger partial charge on any atom is -0.494 e. The van der Waals surface area contributed by atoms with Crippen LogP contribution in [0.25, 0.3) is 22.2 Å². The van der Waals surface area contributed by atoms with E-state index in [0.29, 0.717) is 18.8 Å². The van der Waals surface area contributed by atoms with Crippen LogP contribution in [0.1, 0.15) is 25.1 Å². The number of ether oxygens (including phenoxy) is 1. The van der Waals surface area contributed by atoms with E-state index in [1.54, 1.807) is 0 Å². The van der Waals surface area contributed by atoms with E-state index in [-0.39, 0.29) is 6.61 Å². The first-order valence-corrected chi connectivity index (χ1v) is 9.57. The summed E-state index contributed by atoms with van der Waals surface area (Å²) in [6.07, 6.45) is 1.89. The Hall–Kier alpha value is -3.12. The van der Waals surface area contributed by atoms with Crippen molar-refractivity contribution in [1.29, 1.82) is 0 Å². The molecule has 1 N–H and O–H groups in total. The largest absolute Gasteiger partial charge is 0.494 e. The molecule has 0 saturated carbocycles. The first-order chi connectivity index (χ1) is 13.7. The highest BCUT2D eigenvalue weighted by molar-refractivity contribution is 5.83. The summed E-state index contributed by atoms with van der Waals surface area (Å²) in [7, 11) is 0. The molecule has 6 nitrogen and oxygen atoms in total. The highest BCUT2D eigenvalue weighted by Gasteiger charge is 2.14. The van der Waals surface area contributed by atoms with Crippen molar-refractivity contribution in [1.82, 2.24) is 19.6 Å². The Morgan fingerprint density at radius 2 is 1.89 bits per heavy atom. The van der Waals surface area contributed by atoms with Gasteiger partial charge in [-0.25, -0.2) is 0 Å². The maximum atomic E-state index is 9.63. The molecule has 144 valence electrons. The fourth-order valence-corrected chi connectivity index (χ4v) is 3.47. The number of aromatic nitrogens is 4. The average molecular weight is 376 g/mol. The summed E-state index contributed by atoms with van der Waals surface area (Å²) in [4.78, 5) is 0. The quantitative estimate of drug-likeness (QED) is 0.532. The van der Waals surface area contributed by atoms with Gasteiger partial charge in [0.2, 0.25) is 0 Å². The predicted molar refractivity (Wildman–Crippen MR) is 109 cm³/mol. The summed E-state index contributed by atoms with van der Waals surface area (Å²) in [6.45, 7) is 5.96. The number of rotatable bonds is 7. The monoisotopic (exact) mass is 376 g/mol. The number of nitrogens with zero attached hydrogens (tertiary/aromatic N) is 4. The van der Waals surface area contributed by atoms with E-state index in [9.17, 15) is 5.11 Å². The molecule has 0 radical (unpaired) electrons. The zero-order valence-electron chi connectivity index (χ0n) is 16.2. The van der Waals surface area contributed by atoms with Crippen molar-refractivity contribution in [2.75, 3.05) is 6.61 Å². The number of aliphatic hydroxyl groups excluding tert-OH is 1. The van der Waals surface area contributed by atoms with Gasteiger partial charge < -0.3 is 9.84 Å². The number of fused-ring (bicyclic) bond motifs is 1. The molecule has 2 heterocycles. The highest BCUT2D eigenvalue weighted by Crippen LogP contribution is 2.27. The highest BCUT2D eigenvalue weighted by atomic mass is 16.5. The van der Waals surface area contributed by atoms with Gasteiger partial charge in [-0.05, 0) is 32.0 Å². The van der Waals surface area contributed by atoms with E-state index in [0.717, 1.165) is 40.0 Å². The predicted octanol–water partition coefficient (Wildman–Crippen LogP) is 3.86. The Kier molecular flexibility index (Phi) is 5.12. The van der Waals surface area contributed by atoms with Gasteiger partial charge in [-0.2, -0.15) is 10.2 Å². The van der Waals surface area contributed by atoms with Crippen molar-refractivity contribution in [2.45, 2.75) is 33.5 Å². The van der Waals surface area contributed by atoms with Crippen molar-refractivity contribution < 1.29 is 9.84 Å². The van der Waals surface area contributed by atoms with Crippen LogP contribution in [0.15, 0.2) is 54.7 Å². The van der Waals surface area contributed by atoms with E-state index in [1.165, 1.54) is 0 Å². The maximum absolute atomic E-state index is 9.63. The van der Waals surface area contributed by atoms with Crippen molar-refractivity contribution in [2.24, 2.45) is 0 Å². The van der Waals surface area contributed by atoms with Crippen LogP contribution in [0.3, 0.4) is 0 Å². The minimum absolute atomic E-state index is 0.0950. The van der Waals surface area contributed by atoms with Gasteiger partial charge in [0.15, 0.2) is 0 Å². The SMILES string of the molecule is CCOc1ccccc1Cn1nc(CO)cc1-c1ccc2cnn(CC)c2c1. The van der Waals surface area contributed by atoms with E-state index >= 15 is 0 Å². The molecule has 2 aromatic carbocycles. The topological polar surface area (TPSA) is 65.1 Å². The van der Waals surface area contributed by atoms with Crippen LogP contribution >= 0.6 is 0 Å². The van der Waals surface area contributed by atoms with E-state index < -0.39 is 0 Å². The second-order valence-corrected chi connectivity index (χ2v) is 6.61. The Morgan fingerprint density at radius 1 is 1.04 bits per heavy atom. The Bertz CT molecular complexity index is 1100. The molecule has 0 aliphatic heterocycles. The summed E-state index contributed by atoms with van der Waals surface area (Å²) in [5.74, 6) is 0.858. The summed E-state index contributed by atoms with van der Waals surface area (Å²) in [5.41, 5.74) is 4.80. The van der Waals surface area contributed by atoms with Crippen LogP contribution in [0.2, 0.25) is 0 Å². The van der Waals surface area contributed by atoms with Gasteiger partial charge in [-0.15, -0.1) is 0 Å². The first-order valence-electron chi connectivity index (χ1n) is 9.57. The van der Waals surface area contributed by atoms with Crippen molar-refractivity contribution in [3.8, 4) is 17.0 Å². The van der Waals surface area contributed by atoms with Gasteiger partial charge in [-0.1, -0.05) is 30.3 Å². The summed E-state index contributed by atoms with van der Waals surface area (Å²) >= 11 is 0. The van der Waals surface area contributed by atoms with E-state index in [2.05, 4.69) is 35.3 Å². The van der Waals surface area contributed by atoms with Gasteiger partial charge in [0.25, 0.3) is 0 Å².